The first-order valence-corrected chi connectivity index (χ1v) is 8.23. The minimum absolute atomic E-state index is 0.620. The van der Waals surface area contributed by atoms with Crippen LogP contribution < -0.4 is 4.74 Å². The maximum Gasteiger partial charge on any atom is 0.119 e. The molecule has 2 nitrogen and oxygen atoms in total. The highest BCUT2D eigenvalue weighted by molar-refractivity contribution is 6.42. The summed E-state index contributed by atoms with van der Waals surface area (Å²) in [6.45, 7) is 3.12. The molecule has 1 aliphatic rings. The summed E-state index contributed by atoms with van der Waals surface area (Å²) in [7, 11) is 1.71. The fourth-order valence-corrected chi connectivity index (χ4v) is 3.25. The van der Waals surface area contributed by atoms with Gasteiger partial charge in [0.15, 0.2) is 0 Å². The number of methoxy groups -OCH3 is 1. The zero-order valence-electron chi connectivity index (χ0n) is 12.6. The predicted molar refractivity (Wildman–Crippen MR) is 91.9 cm³/mol. The van der Waals surface area contributed by atoms with Crippen molar-refractivity contribution in [2.75, 3.05) is 13.7 Å². The van der Waals surface area contributed by atoms with Crippen LogP contribution in [-0.4, -0.2) is 18.6 Å². The molecule has 3 rings (SSSR count). The Morgan fingerprint density at radius 2 is 1.82 bits per heavy atom. The average Bonchev–Trinajstić information content (AvgIpc) is 2.92. The zero-order valence-corrected chi connectivity index (χ0v) is 14.1. The molecule has 0 fully saturated rings. The third-order valence-electron chi connectivity index (χ3n) is 4.13. The highest BCUT2D eigenvalue weighted by Crippen LogP contribution is 2.27. The topological polar surface area (TPSA) is 12.5 Å². The lowest BCUT2D eigenvalue weighted by molar-refractivity contribution is 0.280. The molecule has 0 amide bonds. The van der Waals surface area contributed by atoms with Gasteiger partial charge in [-0.05, 0) is 60.3 Å². The van der Waals surface area contributed by atoms with Crippen LogP contribution in [0.1, 0.15) is 23.1 Å². The second-order valence-electron chi connectivity index (χ2n) is 5.70. The van der Waals surface area contributed by atoms with Gasteiger partial charge in [0.1, 0.15) is 5.75 Å². The summed E-state index contributed by atoms with van der Waals surface area (Å²) in [5.74, 6) is 0.941. The first-order chi connectivity index (χ1) is 10.7. The number of benzene rings is 2. The van der Waals surface area contributed by atoms with Gasteiger partial charge < -0.3 is 4.74 Å². The second kappa shape index (κ2) is 6.91. The molecule has 0 bridgehead atoms. The van der Waals surface area contributed by atoms with E-state index in [2.05, 4.69) is 23.1 Å². The van der Waals surface area contributed by atoms with Crippen molar-refractivity contribution in [3.8, 4) is 5.75 Å². The van der Waals surface area contributed by atoms with Gasteiger partial charge in [0.05, 0.1) is 17.2 Å². The number of nitrogens with zero attached hydrogens (tertiary/aromatic N) is 1. The number of ether oxygens (including phenoxy) is 1. The molecule has 0 atom stereocenters. The molecule has 0 saturated carbocycles. The van der Waals surface area contributed by atoms with Crippen LogP contribution in [-0.2, 0) is 19.5 Å². The van der Waals surface area contributed by atoms with E-state index >= 15 is 0 Å². The molecule has 4 heteroatoms. The molecule has 116 valence electrons. The van der Waals surface area contributed by atoms with Crippen molar-refractivity contribution < 1.29 is 4.74 Å². The van der Waals surface area contributed by atoms with Gasteiger partial charge in [-0.1, -0.05) is 35.3 Å². The lowest BCUT2D eigenvalue weighted by atomic mass is 10.1. The van der Waals surface area contributed by atoms with Crippen LogP contribution in [0.15, 0.2) is 36.4 Å². The third-order valence-corrected chi connectivity index (χ3v) is 4.86. The molecule has 0 aliphatic carbocycles. The number of hydrogen-bond donors (Lipinski definition) is 0. The van der Waals surface area contributed by atoms with Crippen molar-refractivity contribution in [2.24, 2.45) is 0 Å². The van der Waals surface area contributed by atoms with Crippen LogP contribution >= 0.6 is 23.2 Å². The van der Waals surface area contributed by atoms with Crippen LogP contribution in [0.25, 0.3) is 0 Å². The number of aryl methyl sites for hydroxylation is 1. The average molecular weight is 336 g/mol. The second-order valence-corrected chi connectivity index (χ2v) is 6.51. The Hall–Kier alpha value is -1.22. The molecule has 1 heterocycles. The van der Waals surface area contributed by atoms with Crippen molar-refractivity contribution in [1.82, 2.24) is 4.90 Å². The van der Waals surface area contributed by atoms with Gasteiger partial charge >= 0.3 is 0 Å². The van der Waals surface area contributed by atoms with Gasteiger partial charge in [-0.3, -0.25) is 4.90 Å². The Kier molecular flexibility index (Phi) is 4.92. The molecule has 0 radical (unpaired) electrons. The maximum atomic E-state index is 6.06. The monoisotopic (exact) mass is 335 g/mol. The normalized spacial score (nSPS) is 14.1. The molecule has 1 aliphatic heterocycles. The zero-order chi connectivity index (χ0) is 15.5. The minimum Gasteiger partial charge on any atom is -0.497 e. The molecule has 0 saturated heterocycles. The molecule has 0 unspecified atom stereocenters. The van der Waals surface area contributed by atoms with Crippen LogP contribution in [0.3, 0.4) is 0 Å². The van der Waals surface area contributed by atoms with Gasteiger partial charge in [-0.25, -0.2) is 0 Å². The summed E-state index contributed by atoms with van der Waals surface area (Å²) in [4.78, 5) is 2.47. The predicted octanol–water partition coefficient (Wildman–Crippen LogP) is 4.95. The van der Waals surface area contributed by atoms with E-state index in [0.29, 0.717) is 10.0 Å². The summed E-state index contributed by atoms with van der Waals surface area (Å²) in [6, 6.07) is 12.3. The Labute approximate surface area is 141 Å². The quantitative estimate of drug-likeness (QED) is 0.766. The highest BCUT2D eigenvalue weighted by atomic mass is 35.5. The highest BCUT2D eigenvalue weighted by Gasteiger charge is 2.18. The van der Waals surface area contributed by atoms with E-state index in [9.17, 15) is 0 Å². The van der Waals surface area contributed by atoms with E-state index in [-0.39, 0.29) is 0 Å². The Balaban J connectivity index is 1.52. The first-order valence-electron chi connectivity index (χ1n) is 7.48. The Bertz CT molecular complexity index is 672. The summed E-state index contributed by atoms with van der Waals surface area (Å²) in [5, 5.41) is 1.26. The third kappa shape index (κ3) is 3.57. The molecular weight excluding hydrogens is 317 g/mol. The van der Waals surface area contributed by atoms with Crippen molar-refractivity contribution in [3.63, 3.8) is 0 Å². The molecule has 2 aromatic carbocycles. The largest absolute Gasteiger partial charge is 0.497 e. The standard InChI is InChI=1S/C18H19Cl2NO/c1-22-16-6-5-14-11-21(12-15(14)10-16)8-2-3-13-4-7-17(19)18(20)9-13/h4-7,9-10H,2-3,8,11-12H2,1H3. The summed E-state index contributed by atoms with van der Waals surface area (Å²) in [6.07, 6.45) is 2.14. The van der Waals surface area contributed by atoms with Crippen molar-refractivity contribution in [1.29, 1.82) is 0 Å². The molecule has 2 aromatic rings. The molecule has 0 aromatic heterocycles. The van der Waals surface area contributed by atoms with E-state index in [1.807, 2.05) is 18.2 Å². The molecular formula is C18H19Cl2NO. The minimum atomic E-state index is 0.620. The van der Waals surface area contributed by atoms with Crippen LogP contribution in [0.4, 0.5) is 0 Å². The van der Waals surface area contributed by atoms with Gasteiger partial charge in [-0.2, -0.15) is 0 Å². The van der Waals surface area contributed by atoms with Crippen LogP contribution in [0.5, 0.6) is 5.75 Å². The Morgan fingerprint density at radius 3 is 2.59 bits per heavy atom. The fraction of sp³-hybridized carbons (Fsp3) is 0.333. The summed E-state index contributed by atoms with van der Waals surface area (Å²) < 4.78 is 5.29. The fourth-order valence-electron chi connectivity index (χ4n) is 2.93. The summed E-state index contributed by atoms with van der Waals surface area (Å²) in [5.41, 5.74) is 4.04. The first kappa shape index (κ1) is 15.7. The van der Waals surface area contributed by atoms with Crippen molar-refractivity contribution in [3.05, 3.63) is 63.1 Å². The van der Waals surface area contributed by atoms with E-state index in [4.69, 9.17) is 27.9 Å². The molecule has 22 heavy (non-hydrogen) atoms. The Morgan fingerprint density at radius 1 is 1.00 bits per heavy atom. The molecule has 0 N–H and O–H groups in total. The number of hydrogen-bond acceptors (Lipinski definition) is 2. The maximum absolute atomic E-state index is 6.06. The molecule has 0 spiro atoms. The number of fused-ring (bicyclic) bond motifs is 1. The van der Waals surface area contributed by atoms with E-state index in [0.717, 1.165) is 38.2 Å². The van der Waals surface area contributed by atoms with E-state index < -0.39 is 0 Å². The van der Waals surface area contributed by atoms with E-state index in [1.54, 1.807) is 7.11 Å². The van der Waals surface area contributed by atoms with Crippen LogP contribution in [0, 0.1) is 0 Å². The van der Waals surface area contributed by atoms with Crippen molar-refractivity contribution in [2.45, 2.75) is 25.9 Å². The smallest absolute Gasteiger partial charge is 0.119 e. The van der Waals surface area contributed by atoms with Gasteiger partial charge in [0.2, 0.25) is 0 Å². The van der Waals surface area contributed by atoms with Gasteiger partial charge in [0, 0.05) is 13.1 Å². The lowest BCUT2D eigenvalue weighted by Gasteiger charge is -2.14. The van der Waals surface area contributed by atoms with Crippen LogP contribution in [0.2, 0.25) is 10.0 Å². The van der Waals surface area contributed by atoms with Crippen molar-refractivity contribution >= 4 is 23.2 Å². The van der Waals surface area contributed by atoms with E-state index in [1.165, 1.54) is 16.7 Å². The number of halogens is 2. The summed E-state index contributed by atoms with van der Waals surface area (Å²) >= 11 is 12.0. The van der Waals surface area contributed by atoms with Gasteiger partial charge in [0.25, 0.3) is 0 Å². The number of rotatable bonds is 5. The van der Waals surface area contributed by atoms with Gasteiger partial charge in [-0.15, -0.1) is 0 Å². The SMILES string of the molecule is COc1ccc2c(c1)CN(CCCc1ccc(Cl)c(Cl)c1)C2. The lowest BCUT2D eigenvalue weighted by Crippen LogP contribution is -2.18.